The molecule has 1 aliphatic heterocycles. The van der Waals surface area contributed by atoms with Gasteiger partial charge in [-0.15, -0.1) is 0 Å². The van der Waals surface area contributed by atoms with Crippen LogP contribution in [0.25, 0.3) is 10.9 Å². The number of hydrogen-bond donors (Lipinski definition) is 1. The molecular weight excluding hydrogens is 432 g/mol. The summed E-state index contributed by atoms with van der Waals surface area (Å²) in [7, 11) is 1.88. The zero-order valence-electron chi connectivity index (χ0n) is 18.2. The number of rotatable bonds is 5. The van der Waals surface area contributed by atoms with E-state index in [0.29, 0.717) is 18.0 Å². The van der Waals surface area contributed by atoms with Crippen molar-refractivity contribution in [3.05, 3.63) is 59.7 Å². The number of hydrogen-bond acceptors (Lipinski definition) is 3. The molecule has 0 saturated heterocycles. The van der Waals surface area contributed by atoms with Crippen LogP contribution < -0.4 is 10.2 Å². The number of anilines is 1. The number of carbonyl (C=O) groups excluding carboxylic acids is 2. The number of amides is 2. The highest BCUT2D eigenvalue weighted by Gasteiger charge is 2.40. The van der Waals surface area contributed by atoms with Crippen molar-refractivity contribution in [2.45, 2.75) is 31.3 Å². The summed E-state index contributed by atoms with van der Waals surface area (Å²) in [4.78, 5) is 27.9. The van der Waals surface area contributed by atoms with E-state index in [-0.39, 0.29) is 11.4 Å². The van der Waals surface area contributed by atoms with Crippen molar-refractivity contribution in [1.82, 2.24) is 9.88 Å². The number of nitrogens with one attached hydrogen (secondary N) is 1. The van der Waals surface area contributed by atoms with Crippen LogP contribution in [0.4, 0.5) is 14.5 Å². The summed E-state index contributed by atoms with van der Waals surface area (Å²) in [6, 6.07) is 9.42. The third kappa shape index (κ3) is 3.99. The van der Waals surface area contributed by atoms with Crippen LogP contribution in [0, 0.1) is 17.6 Å². The Labute approximate surface area is 189 Å². The maximum absolute atomic E-state index is 14.8. The Bertz CT molecular complexity index is 1190. The number of halogens is 2. The van der Waals surface area contributed by atoms with Crippen LogP contribution in [0.2, 0.25) is 0 Å². The standard InChI is InChI=1S/C24H25F2N3O2S/c1-14(2)10-11-27-23(31)22-21-16-6-4-5-7-18(16)28(3)24(21)32-13-20(30)29(22)19-12-15(25)8-9-17(19)26/h4-9,12,14,22H,10-11,13H2,1-3H3,(H,27,31)/t22-/m0/s1. The fourth-order valence-electron chi connectivity index (χ4n) is 4.08. The van der Waals surface area contributed by atoms with E-state index < -0.39 is 29.5 Å². The Morgan fingerprint density at radius 3 is 2.72 bits per heavy atom. The van der Waals surface area contributed by atoms with E-state index in [0.717, 1.165) is 45.4 Å². The van der Waals surface area contributed by atoms with Crippen molar-refractivity contribution in [3.63, 3.8) is 0 Å². The Hall–Kier alpha value is -2.87. The minimum absolute atomic E-state index is 0.00287. The second-order valence-corrected chi connectivity index (χ2v) is 9.28. The zero-order chi connectivity index (χ0) is 23.0. The van der Waals surface area contributed by atoms with Gasteiger partial charge < -0.3 is 9.88 Å². The number of para-hydroxylation sites is 1. The molecule has 1 aliphatic rings. The summed E-state index contributed by atoms with van der Waals surface area (Å²) in [5.74, 6) is -1.92. The lowest BCUT2D eigenvalue weighted by atomic mass is 10.0. The average molecular weight is 458 g/mol. The molecule has 0 saturated carbocycles. The molecule has 32 heavy (non-hydrogen) atoms. The van der Waals surface area contributed by atoms with Gasteiger partial charge >= 0.3 is 0 Å². The van der Waals surface area contributed by atoms with Crippen LogP contribution in [0.1, 0.15) is 31.9 Å². The molecule has 1 aromatic heterocycles. The largest absolute Gasteiger partial charge is 0.354 e. The fraction of sp³-hybridized carbons (Fsp3) is 0.333. The average Bonchev–Trinajstić information content (AvgIpc) is 2.93. The predicted octanol–water partition coefficient (Wildman–Crippen LogP) is 4.80. The quantitative estimate of drug-likeness (QED) is 0.599. The highest BCUT2D eigenvalue weighted by molar-refractivity contribution is 8.00. The van der Waals surface area contributed by atoms with Crippen molar-refractivity contribution in [2.24, 2.45) is 13.0 Å². The van der Waals surface area contributed by atoms with Crippen molar-refractivity contribution in [2.75, 3.05) is 17.2 Å². The first kappa shape index (κ1) is 22.3. The van der Waals surface area contributed by atoms with E-state index in [1.807, 2.05) is 35.9 Å². The number of carbonyl (C=O) groups is 2. The fourth-order valence-corrected chi connectivity index (χ4v) is 5.15. The predicted molar refractivity (Wildman–Crippen MR) is 123 cm³/mol. The van der Waals surface area contributed by atoms with E-state index in [1.165, 1.54) is 11.8 Å². The molecule has 0 spiro atoms. The number of fused-ring (bicyclic) bond motifs is 3. The minimum atomic E-state index is -1.12. The highest BCUT2D eigenvalue weighted by Crippen LogP contribution is 2.43. The summed E-state index contributed by atoms with van der Waals surface area (Å²) in [5, 5.41) is 4.48. The third-order valence-corrected chi connectivity index (χ3v) is 6.82. The first-order valence-corrected chi connectivity index (χ1v) is 11.5. The first-order valence-electron chi connectivity index (χ1n) is 10.5. The van der Waals surface area contributed by atoms with Crippen LogP contribution in [0.5, 0.6) is 0 Å². The van der Waals surface area contributed by atoms with Crippen LogP contribution in [0.3, 0.4) is 0 Å². The van der Waals surface area contributed by atoms with Crippen molar-refractivity contribution in [1.29, 1.82) is 0 Å². The zero-order valence-corrected chi connectivity index (χ0v) is 19.0. The molecule has 2 heterocycles. The van der Waals surface area contributed by atoms with Gasteiger partial charge in [0.2, 0.25) is 11.8 Å². The Morgan fingerprint density at radius 1 is 1.22 bits per heavy atom. The van der Waals surface area contributed by atoms with Gasteiger partial charge in [-0.1, -0.05) is 43.8 Å². The van der Waals surface area contributed by atoms with Crippen molar-refractivity contribution < 1.29 is 18.4 Å². The third-order valence-electron chi connectivity index (χ3n) is 5.66. The number of benzene rings is 2. The normalized spacial score (nSPS) is 16.4. The number of aromatic nitrogens is 1. The summed E-state index contributed by atoms with van der Waals surface area (Å²) >= 11 is 1.30. The molecule has 3 aromatic rings. The van der Waals surface area contributed by atoms with Gasteiger partial charge in [0.25, 0.3) is 0 Å². The Morgan fingerprint density at radius 2 is 1.97 bits per heavy atom. The summed E-state index contributed by atoms with van der Waals surface area (Å²) in [6.45, 7) is 4.53. The Balaban J connectivity index is 1.92. The maximum Gasteiger partial charge on any atom is 0.247 e. The second-order valence-electron chi connectivity index (χ2n) is 8.32. The summed E-state index contributed by atoms with van der Waals surface area (Å²) < 4.78 is 30.9. The Kier molecular flexibility index (Phi) is 6.24. The lowest BCUT2D eigenvalue weighted by Gasteiger charge is -2.30. The number of thioether (sulfide) groups is 1. The monoisotopic (exact) mass is 457 g/mol. The molecule has 2 aromatic carbocycles. The molecule has 0 radical (unpaired) electrons. The van der Waals surface area contributed by atoms with Gasteiger partial charge in [-0.25, -0.2) is 8.78 Å². The first-order chi connectivity index (χ1) is 15.3. The molecule has 168 valence electrons. The molecule has 4 rings (SSSR count). The van der Waals surface area contributed by atoms with Gasteiger partial charge in [0.15, 0.2) is 0 Å². The molecular formula is C24H25F2N3O2S. The molecule has 0 aliphatic carbocycles. The van der Waals surface area contributed by atoms with Crippen LogP contribution >= 0.6 is 11.8 Å². The van der Waals surface area contributed by atoms with Crippen LogP contribution in [0.15, 0.2) is 47.5 Å². The van der Waals surface area contributed by atoms with E-state index in [1.54, 1.807) is 0 Å². The van der Waals surface area contributed by atoms with Crippen molar-refractivity contribution >= 4 is 40.2 Å². The molecule has 2 amide bonds. The molecule has 0 bridgehead atoms. The minimum Gasteiger partial charge on any atom is -0.354 e. The molecule has 0 unspecified atom stereocenters. The molecule has 1 N–H and O–H groups in total. The summed E-state index contributed by atoms with van der Waals surface area (Å²) in [6.07, 6.45) is 0.762. The smallest absolute Gasteiger partial charge is 0.247 e. The maximum atomic E-state index is 14.8. The number of nitrogens with zero attached hydrogens (tertiary/aromatic N) is 2. The van der Waals surface area contributed by atoms with Crippen molar-refractivity contribution in [3.8, 4) is 0 Å². The number of aryl methyl sites for hydroxylation is 1. The SMILES string of the molecule is CC(C)CCNC(=O)[C@@H]1c2c(n(C)c3ccccc23)SCC(=O)N1c1cc(F)ccc1F. The van der Waals surface area contributed by atoms with Crippen LogP contribution in [-0.4, -0.2) is 28.7 Å². The molecule has 1 atom stereocenters. The van der Waals surface area contributed by atoms with Gasteiger partial charge in [-0.05, 0) is 30.5 Å². The summed E-state index contributed by atoms with van der Waals surface area (Å²) in [5.41, 5.74) is 1.30. The van der Waals surface area contributed by atoms with Gasteiger partial charge in [-0.2, -0.15) is 0 Å². The highest BCUT2D eigenvalue weighted by atomic mass is 32.2. The van der Waals surface area contributed by atoms with E-state index in [4.69, 9.17) is 0 Å². The second kappa shape index (κ2) is 8.94. The lowest BCUT2D eigenvalue weighted by Crippen LogP contribution is -2.44. The van der Waals surface area contributed by atoms with Crippen LogP contribution in [-0.2, 0) is 16.6 Å². The van der Waals surface area contributed by atoms with Gasteiger partial charge in [0.1, 0.15) is 17.7 Å². The van der Waals surface area contributed by atoms with Gasteiger partial charge in [0, 0.05) is 36.1 Å². The van der Waals surface area contributed by atoms with Gasteiger partial charge in [0.05, 0.1) is 16.5 Å². The van der Waals surface area contributed by atoms with E-state index in [9.17, 15) is 18.4 Å². The molecule has 8 heteroatoms. The molecule has 5 nitrogen and oxygen atoms in total. The lowest BCUT2D eigenvalue weighted by molar-refractivity contribution is -0.125. The van der Waals surface area contributed by atoms with Gasteiger partial charge in [-0.3, -0.25) is 14.5 Å². The topological polar surface area (TPSA) is 54.3 Å². The van der Waals surface area contributed by atoms with E-state index >= 15 is 0 Å². The molecule has 0 fully saturated rings. The van der Waals surface area contributed by atoms with E-state index in [2.05, 4.69) is 19.2 Å².